The largest absolute Gasteiger partial charge is 0.508 e. The zero-order valence-corrected chi connectivity index (χ0v) is 10.1. The van der Waals surface area contributed by atoms with Crippen LogP contribution < -0.4 is 4.74 Å². The summed E-state index contributed by atoms with van der Waals surface area (Å²) in [5.41, 5.74) is 1.90. The average Bonchev–Trinajstić information content (AvgIpc) is 2.40. The van der Waals surface area contributed by atoms with Crippen LogP contribution in [0, 0.1) is 0 Å². The van der Waals surface area contributed by atoms with E-state index in [-0.39, 0.29) is 11.7 Å². The van der Waals surface area contributed by atoms with Crippen LogP contribution in [-0.2, 0) is 4.79 Å². The standard InChI is InChI=1S/C15H14O3/c1-2-15(17)18-14-5-3-4-12(10-14)11-6-8-13(16)9-7-11/h3-10,16H,2H2,1H3. The second-order valence-electron chi connectivity index (χ2n) is 3.90. The van der Waals surface area contributed by atoms with E-state index in [9.17, 15) is 9.90 Å². The van der Waals surface area contributed by atoms with Crippen LogP contribution in [0.5, 0.6) is 11.5 Å². The number of aromatic hydroxyl groups is 1. The van der Waals surface area contributed by atoms with Gasteiger partial charge in [-0.15, -0.1) is 0 Å². The summed E-state index contributed by atoms with van der Waals surface area (Å²) in [4.78, 5) is 11.2. The van der Waals surface area contributed by atoms with Crippen LogP contribution >= 0.6 is 0 Å². The molecule has 0 aliphatic rings. The van der Waals surface area contributed by atoms with Gasteiger partial charge in [0.15, 0.2) is 0 Å². The molecule has 0 fully saturated rings. The highest BCUT2D eigenvalue weighted by molar-refractivity contribution is 5.73. The lowest BCUT2D eigenvalue weighted by molar-refractivity contribution is -0.134. The molecule has 0 heterocycles. The minimum atomic E-state index is -0.252. The predicted molar refractivity (Wildman–Crippen MR) is 69.5 cm³/mol. The molecule has 0 saturated carbocycles. The number of carbonyl (C=O) groups is 1. The molecule has 0 aromatic heterocycles. The molecule has 0 radical (unpaired) electrons. The van der Waals surface area contributed by atoms with Crippen LogP contribution in [0.25, 0.3) is 11.1 Å². The number of ether oxygens (including phenoxy) is 1. The molecule has 0 unspecified atom stereocenters. The number of rotatable bonds is 3. The van der Waals surface area contributed by atoms with Crippen molar-refractivity contribution in [1.82, 2.24) is 0 Å². The van der Waals surface area contributed by atoms with Crippen molar-refractivity contribution in [2.45, 2.75) is 13.3 Å². The summed E-state index contributed by atoms with van der Waals surface area (Å²) in [7, 11) is 0. The van der Waals surface area contributed by atoms with E-state index < -0.39 is 0 Å². The van der Waals surface area contributed by atoms with Crippen molar-refractivity contribution in [3.63, 3.8) is 0 Å². The lowest BCUT2D eigenvalue weighted by Crippen LogP contribution is -2.05. The van der Waals surface area contributed by atoms with Gasteiger partial charge in [0.25, 0.3) is 0 Å². The van der Waals surface area contributed by atoms with E-state index in [1.54, 1.807) is 31.2 Å². The van der Waals surface area contributed by atoms with Crippen LogP contribution in [0.2, 0.25) is 0 Å². The molecular formula is C15H14O3. The highest BCUT2D eigenvalue weighted by atomic mass is 16.5. The first-order valence-electron chi connectivity index (χ1n) is 5.79. The molecule has 0 aliphatic carbocycles. The van der Waals surface area contributed by atoms with E-state index in [4.69, 9.17) is 4.74 Å². The SMILES string of the molecule is CCC(=O)Oc1cccc(-c2ccc(O)cc2)c1. The topological polar surface area (TPSA) is 46.5 Å². The maximum atomic E-state index is 11.2. The second-order valence-corrected chi connectivity index (χ2v) is 3.90. The molecule has 2 aromatic rings. The summed E-state index contributed by atoms with van der Waals surface area (Å²) in [6.07, 6.45) is 0.351. The van der Waals surface area contributed by atoms with Crippen molar-refractivity contribution in [1.29, 1.82) is 0 Å². The van der Waals surface area contributed by atoms with Gasteiger partial charge in [-0.05, 0) is 35.4 Å². The molecule has 3 heteroatoms. The second kappa shape index (κ2) is 5.36. The van der Waals surface area contributed by atoms with Gasteiger partial charge in [-0.2, -0.15) is 0 Å². The van der Waals surface area contributed by atoms with Gasteiger partial charge in [0, 0.05) is 6.42 Å². The van der Waals surface area contributed by atoms with E-state index in [1.807, 2.05) is 24.3 Å². The van der Waals surface area contributed by atoms with Gasteiger partial charge >= 0.3 is 5.97 Å². The number of phenolic OH excluding ortho intramolecular Hbond substituents is 1. The van der Waals surface area contributed by atoms with Crippen LogP contribution in [0.15, 0.2) is 48.5 Å². The molecule has 2 aromatic carbocycles. The number of hydrogen-bond donors (Lipinski definition) is 1. The summed E-state index contributed by atoms with van der Waals surface area (Å²) in [5.74, 6) is 0.512. The summed E-state index contributed by atoms with van der Waals surface area (Å²) < 4.78 is 5.16. The number of hydrogen-bond acceptors (Lipinski definition) is 3. The van der Waals surface area contributed by atoms with E-state index in [0.717, 1.165) is 11.1 Å². The van der Waals surface area contributed by atoms with Gasteiger partial charge < -0.3 is 9.84 Å². The fourth-order valence-corrected chi connectivity index (χ4v) is 1.60. The monoisotopic (exact) mass is 242 g/mol. The Hall–Kier alpha value is -2.29. The quantitative estimate of drug-likeness (QED) is 0.663. The van der Waals surface area contributed by atoms with Gasteiger partial charge in [0.05, 0.1) is 0 Å². The van der Waals surface area contributed by atoms with Crippen molar-refractivity contribution in [3.8, 4) is 22.6 Å². The zero-order valence-electron chi connectivity index (χ0n) is 10.1. The van der Waals surface area contributed by atoms with Crippen LogP contribution in [0.4, 0.5) is 0 Å². The zero-order chi connectivity index (χ0) is 13.0. The van der Waals surface area contributed by atoms with Crippen LogP contribution in [0.1, 0.15) is 13.3 Å². The van der Waals surface area contributed by atoms with Gasteiger partial charge in [-0.3, -0.25) is 4.79 Å². The molecule has 0 atom stereocenters. The summed E-state index contributed by atoms with van der Waals surface area (Å²) in [6.45, 7) is 1.76. The smallest absolute Gasteiger partial charge is 0.310 e. The van der Waals surface area contributed by atoms with Crippen LogP contribution in [-0.4, -0.2) is 11.1 Å². The van der Waals surface area contributed by atoms with Gasteiger partial charge in [-0.1, -0.05) is 31.2 Å². The Morgan fingerprint density at radius 2 is 1.83 bits per heavy atom. The van der Waals surface area contributed by atoms with Gasteiger partial charge in [0.1, 0.15) is 11.5 Å². The van der Waals surface area contributed by atoms with Crippen molar-refractivity contribution in [2.24, 2.45) is 0 Å². The number of phenols is 1. The van der Waals surface area contributed by atoms with E-state index in [1.165, 1.54) is 0 Å². The van der Waals surface area contributed by atoms with Gasteiger partial charge in [-0.25, -0.2) is 0 Å². The Labute approximate surface area is 106 Å². The minimum Gasteiger partial charge on any atom is -0.508 e. The maximum absolute atomic E-state index is 11.2. The van der Waals surface area contributed by atoms with Crippen molar-refractivity contribution >= 4 is 5.97 Å². The molecule has 92 valence electrons. The van der Waals surface area contributed by atoms with E-state index in [2.05, 4.69) is 0 Å². The Balaban J connectivity index is 2.26. The van der Waals surface area contributed by atoms with Gasteiger partial charge in [0.2, 0.25) is 0 Å². The minimum absolute atomic E-state index is 0.229. The molecule has 1 N–H and O–H groups in total. The number of carbonyl (C=O) groups excluding carboxylic acids is 1. The van der Waals surface area contributed by atoms with Crippen molar-refractivity contribution < 1.29 is 14.6 Å². The highest BCUT2D eigenvalue weighted by Crippen LogP contribution is 2.25. The molecule has 0 aliphatic heterocycles. The Morgan fingerprint density at radius 3 is 2.50 bits per heavy atom. The van der Waals surface area contributed by atoms with Crippen molar-refractivity contribution in [3.05, 3.63) is 48.5 Å². The third kappa shape index (κ3) is 2.88. The van der Waals surface area contributed by atoms with E-state index in [0.29, 0.717) is 12.2 Å². The fraction of sp³-hybridized carbons (Fsp3) is 0.133. The molecule has 0 spiro atoms. The number of benzene rings is 2. The first-order chi connectivity index (χ1) is 8.69. The van der Waals surface area contributed by atoms with Crippen molar-refractivity contribution in [2.75, 3.05) is 0 Å². The maximum Gasteiger partial charge on any atom is 0.310 e. The van der Waals surface area contributed by atoms with Crippen LogP contribution in [0.3, 0.4) is 0 Å². The Bertz CT molecular complexity index is 544. The lowest BCUT2D eigenvalue weighted by atomic mass is 10.1. The summed E-state index contributed by atoms with van der Waals surface area (Å²) in [6, 6.07) is 14.2. The molecule has 0 saturated heterocycles. The molecule has 3 nitrogen and oxygen atoms in total. The molecule has 0 bridgehead atoms. The third-order valence-corrected chi connectivity index (χ3v) is 2.56. The Kier molecular flexibility index (Phi) is 3.63. The van der Waals surface area contributed by atoms with E-state index >= 15 is 0 Å². The average molecular weight is 242 g/mol. The third-order valence-electron chi connectivity index (χ3n) is 2.56. The molecule has 2 rings (SSSR count). The lowest BCUT2D eigenvalue weighted by Gasteiger charge is -2.06. The molecule has 18 heavy (non-hydrogen) atoms. The molecular weight excluding hydrogens is 228 g/mol. The Morgan fingerprint density at radius 1 is 1.11 bits per heavy atom. The first-order valence-corrected chi connectivity index (χ1v) is 5.79. The first kappa shape index (κ1) is 12.2. The fourth-order valence-electron chi connectivity index (χ4n) is 1.60. The molecule has 0 amide bonds. The predicted octanol–water partition coefficient (Wildman–Crippen LogP) is 3.37. The normalized spacial score (nSPS) is 10.1. The highest BCUT2D eigenvalue weighted by Gasteiger charge is 2.03. The summed E-state index contributed by atoms with van der Waals surface area (Å²) >= 11 is 0. The summed E-state index contributed by atoms with van der Waals surface area (Å²) in [5, 5.41) is 9.24. The number of esters is 1.